The predicted octanol–water partition coefficient (Wildman–Crippen LogP) is 2.27. The van der Waals surface area contributed by atoms with Gasteiger partial charge >= 0.3 is 5.69 Å². The van der Waals surface area contributed by atoms with E-state index in [4.69, 9.17) is 0 Å². The van der Waals surface area contributed by atoms with Crippen LogP contribution in [0.1, 0.15) is 52.4 Å². The fourth-order valence-electron chi connectivity index (χ4n) is 6.81. The number of H-pyrrole nitrogens is 2. The standard InChI is InChI=1S/C25H33N5O4/c1-13(2)21(30-23(33)25-9-14-5-15(10-25)7-16(6-14)11-25)22(32)26-12-20(31)27-17-3-4-18-19(8-17)29-24(34)28-18/h3-4,8,13-16,21H,5-7,9-12H2,1-2H3,(H,26,32)(H,27,31)(H,30,33)(H2,28,29,34)/t14?,15?,16?,21-,25?/m0/s1. The van der Waals surface area contributed by atoms with Crippen LogP contribution in [0.15, 0.2) is 23.0 Å². The summed E-state index contributed by atoms with van der Waals surface area (Å²) < 4.78 is 0. The lowest BCUT2D eigenvalue weighted by atomic mass is 9.49. The Morgan fingerprint density at radius 2 is 1.62 bits per heavy atom. The second-order valence-corrected chi connectivity index (χ2v) is 11.0. The van der Waals surface area contributed by atoms with Gasteiger partial charge in [0.1, 0.15) is 6.04 Å². The van der Waals surface area contributed by atoms with Crippen molar-refractivity contribution in [2.45, 2.75) is 58.4 Å². The topological polar surface area (TPSA) is 136 Å². The maximum atomic E-state index is 13.4. The number of amides is 3. The van der Waals surface area contributed by atoms with Crippen LogP contribution in [0.4, 0.5) is 5.69 Å². The van der Waals surface area contributed by atoms with Gasteiger partial charge in [0.05, 0.1) is 17.6 Å². The molecule has 1 aromatic carbocycles. The molecule has 34 heavy (non-hydrogen) atoms. The quantitative estimate of drug-likeness (QED) is 0.427. The maximum Gasteiger partial charge on any atom is 0.323 e. The Kier molecular flexibility index (Phi) is 5.73. The Hall–Kier alpha value is -3.10. The summed E-state index contributed by atoms with van der Waals surface area (Å²) in [6.07, 6.45) is 6.58. The number of aromatic nitrogens is 2. The Balaban J connectivity index is 1.18. The third-order valence-corrected chi connectivity index (χ3v) is 7.98. The lowest BCUT2D eigenvalue weighted by molar-refractivity contribution is -0.149. The zero-order valence-corrected chi connectivity index (χ0v) is 19.7. The summed E-state index contributed by atoms with van der Waals surface area (Å²) in [5.41, 5.74) is 1.10. The number of benzene rings is 1. The van der Waals surface area contributed by atoms with Crippen LogP contribution in [0.2, 0.25) is 0 Å². The van der Waals surface area contributed by atoms with Gasteiger partial charge in [-0.3, -0.25) is 14.4 Å². The van der Waals surface area contributed by atoms with Gasteiger partial charge in [-0.05, 0) is 80.4 Å². The molecule has 1 atom stereocenters. The minimum atomic E-state index is -0.686. The van der Waals surface area contributed by atoms with Gasteiger partial charge in [0.2, 0.25) is 17.7 Å². The van der Waals surface area contributed by atoms with Crippen LogP contribution in [-0.2, 0) is 14.4 Å². The van der Waals surface area contributed by atoms with Crippen molar-refractivity contribution in [2.24, 2.45) is 29.1 Å². The van der Waals surface area contributed by atoms with E-state index in [9.17, 15) is 19.2 Å². The SMILES string of the molecule is CC(C)[C@H](NC(=O)C12CC3CC(CC(C3)C1)C2)C(=O)NCC(=O)Nc1ccc2[nH]c(=O)[nH]c2c1. The molecule has 2 aromatic rings. The molecule has 182 valence electrons. The highest BCUT2D eigenvalue weighted by atomic mass is 16.2. The second-order valence-electron chi connectivity index (χ2n) is 11.0. The van der Waals surface area contributed by atoms with Crippen molar-refractivity contribution in [1.29, 1.82) is 0 Å². The number of carbonyl (C=O) groups is 3. The summed E-state index contributed by atoms with van der Waals surface area (Å²) in [6.45, 7) is 3.59. The van der Waals surface area contributed by atoms with E-state index in [1.807, 2.05) is 13.8 Å². The Bertz CT molecular complexity index is 1140. The number of anilines is 1. The number of aromatic amines is 2. The molecule has 0 saturated heterocycles. The van der Waals surface area contributed by atoms with Crippen LogP contribution in [0.5, 0.6) is 0 Å². The maximum absolute atomic E-state index is 13.4. The first-order chi connectivity index (χ1) is 16.2. The van der Waals surface area contributed by atoms with Crippen molar-refractivity contribution in [3.63, 3.8) is 0 Å². The molecule has 4 aliphatic carbocycles. The fourth-order valence-corrected chi connectivity index (χ4v) is 6.81. The third kappa shape index (κ3) is 4.35. The molecule has 4 aliphatic rings. The Labute approximate surface area is 197 Å². The Morgan fingerprint density at radius 1 is 1.00 bits per heavy atom. The largest absolute Gasteiger partial charge is 0.345 e. The van der Waals surface area contributed by atoms with E-state index in [1.54, 1.807) is 18.2 Å². The highest BCUT2D eigenvalue weighted by Crippen LogP contribution is 2.60. The highest BCUT2D eigenvalue weighted by molar-refractivity contribution is 5.97. The van der Waals surface area contributed by atoms with Crippen LogP contribution in [0.3, 0.4) is 0 Å². The van der Waals surface area contributed by atoms with E-state index in [-0.39, 0.29) is 41.3 Å². The van der Waals surface area contributed by atoms with Crippen molar-refractivity contribution in [1.82, 2.24) is 20.6 Å². The molecular formula is C25H33N5O4. The summed E-state index contributed by atoms with van der Waals surface area (Å²) in [5.74, 6) is 1.11. The van der Waals surface area contributed by atoms with Crippen molar-refractivity contribution in [2.75, 3.05) is 11.9 Å². The molecule has 9 heteroatoms. The van der Waals surface area contributed by atoms with Crippen molar-refractivity contribution in [3.05, 3.63) is 28.7 Å². The van der Waals surface area contributed by atoms with Gasteiger partial charge in [-0.25, -0.2) is 4.79 Å². The zero-order chi connectivity index (χ0) is 24.0. The van der Waals surface area contributed by atoms with Gasteiger partial charge in [0, 0.05) is 11.1 Å². The molecule has 0 aliphatic heterocycles. The number of nitrogens with one attached hydrogen (secondary N) is 5. The van der Waals surface area contributed by atoms with Crippen molar-refractivity contribution in [3.8, 4) is 0 Å². The highest BCUT2D eigenvalue weighted by Gasteiger charge is 2.55. The average Bonchev–Trinajstić information content (AvgIpc) is 3.13. The summed E-state index contributed by atoms with van der Waals surface area (Å²) in [6, 6.07) is 4.33. The van der Waals surface area contributed by atoms with E-state index >= 15 is 0 Å². The first kappa shape index (κ1) is 22.7. The lowest BCUT2D eigenvalue weighted by Crippen LogP contribution is -2.58. The number of carbonyl (C=O) groups excluding carboxylic acids is 3. The van der Waals surface area contributed by atoms with Crippen LogP contribution in [0, 0.1) is 29.1 Å². The molecule has 0 spiro atoms. The number of hydrogen-bond donors (Lipinski definition) is 5. The van der Waals surface area contributed by atoms with E-state index in [1.165, 1.54) is 19.3 Å². The lowest BCUT2D eigenvalue weighted by Gasteiger charge is -2.55. The zero-order valence-electron chi connectivity index (χ0n) is 19.7. The molecule has 0 radical (unpaired) electrons. The van der Waals surface area contributed by atoms with Crippen LogP contribution in [-0.4, -0.2) is 40.3 Å². The molecule has 6 rings (SSSR count). The van der Waals surface area contributed by atoms with Crippen molar-refractivity contribution < 1.29 is 14.4 Å². The first-order valence-corrected chi connectivity index (χ1v) is 12.3. The van der Waals surface area contributed by atoms with Crippen LogP contribution in [0.25, 0.3) is 11.0 Å². The summed E-state index contributed by atoms with van der Waals surface area (Å²) in [7, 11) is 0. The first-order valence-electron chi connectivity index (χ1n) is 12.3. The minimum absolute atomic E-state index is 0.0127. The minimum Gasteiger partial charge on any atom is -0.345 e. The Morgan fingerprint density at radius 3 is 2.24 bits per heavy atom. The summed E-state index contributed by atoms with van der Waals surface area (Å²) in [4.78, 5) is 55.4. The molecule has 9 nitrogen and oxygen atoms in total. The smallest absolute Gasteiger partial charge is 0.323 e. The van der Waals surface area contributed by atoms with Gasteiger partial charge in [-0.2, -0.15) is 0 Å². The molecule has 5 N–H and O–H groups in total. The van der Waals surface area contributed by atoms with Gasteiger partial charge < -0.3 is 25.9 Å². The molecule has 1 aromatic heterocycles. The number of hydrogen-bond acceptors (Lipinski definition) is 4. The molecule has 4 fully saturated rings. The predicted molar refractivity (Wildman–Crippen MR) is 128 cm³/mol. The second kappa shape index (κ2) is 8.60. The molecular weight excluding hydrogens is 434 g/mol. The normalized spacial score (nSPS) is 28.1. The fraction of sp³-hybridized carbons (Fsp3) is 0.600. The average molecular weight is 468 g/mol. The van der Waals surface area contributed by atoms with E-state index in [0.717, 1.165) is 19.3 Å². The van der Waals surface area contributed by atoms with Crippen LogP contribution < -0.4 is 21.6 Å². The van der Waals surface area contributed by atoms with E-state index < -0.39 is 6.04 Å². The molecule has 4 saturated carbocycles. The molecule has 3 amide bonds. The summed E-state index contributed by atoms with van der Waals surface area (Å²) in [5, 5.41) is 8.44. The van der Waals surface area contributed by atoms with Crippen molar-refractivity contribution >= 4 is 34.4 Å². The number of fused-ring (bicyclic) bond motifs is 1. The van der Waals surface area contributed by atoms with Gasteiger partial charge in [-0.1, -0.05) is 13.8 Å². The summed E-state index contributed by atoms with van der Waals surface area (Å²) >= 11 is 0. The monoisotopic (exact) mass is 467 g/mol. The number of rotatable bonds is 7. The van der Waals surface area contributed by atoms with Crippen LogP contribution >= 0.6 is 0 Å². The molecule has 1 heterocycles. The molecule has 0 unspecified atom stereocenters. The number of imidazole rings is 1. The van der Waals surface area contributed by atoms with Gasteiger partial charge in [0.15, 0.2) is 0 Å². The third-order valence-electron chi connectivity index (χ3n) is 7.98. The molecule has 4 bridgehead atoms. The van der Waals surface area contributed by atoms with E-state index in [0.29, 0.717) is 34.5 Å². The van der Waals surface area contributed by atoms with E-state index in [2.05, 4.69) is 25.9 Å². The van der Waals surface area contributed by atoms with Gasteiger partial charge in [-0.15, -0.1) is 0 Å². The van der Waals surface area contributed by atoms with Gasteiger partial charge in [0.25, 0.3) is 0 Å².